The minimum Gasteiger partial charge on any atom is -0.443 e. The highest BCUT2D eigenvalue weighted by atomic mass is 79.9. The Hall–Kier alpha value is -1.10. The fourth-order valence-electron chi connectivity index (χ4n) is 2.09. The number of nitrogens with zero attached hydrogens (tertiary/aromatic N) is 1. The summed E-state index contributed by atoms with van der Waals surface area (Å²) in [7, 11) is 0. The lowest BCUT2D eigenvalue weighted by atomic mass is 9.97. The van der Waals surface area contributed by atoms with E-state index < -0.39 is 11.7 Å². The molecule has 0 radical (unpaired) electrons. The van der Waals surface area contributed by atoms with Gasteiger partial charge in [-0.05, 0) is 33.3 Å². The molecule has 5 heteroatoms. The van der Waals surface area contributed by atoms with E-state index in [2.05, 4.69) is 15.9 Å². The molecule has 1 saturated heterocycles. The third-order valence-corrected chi connectivity index (χ3v) is 3.36. The van der Waals surface area contributed by atoms with Gasteiger partial charge in [0.05, 0.1) is 0 Å². The van der Waals surface area contributed by atoms with Crippen molar-refractivity contribution < 1.29 is 14.3 Å². The zero-order chi connectivity index (χ0) is 13.5. The van der Waals surface area contributed by atoms with Gasteiger partial charge in [0.25, 0.3) is 0 Å². The molecule has 0 aromatic heterocycles. The average molecular weight is 314 g/mol. The number of halogens is 1. The van der Waals surface area contributed by atoms with Crippen LogP contribution in [0.15, 0.2) is 22.3 Å². The first-order chi connectivity index (χ1) is 8.28. The number of carbonyl (C=O) groups excluding carboxylic acids is 2. The molecule has 2 rings (SSSR count). The Balaban J connectivity index is 2.24. The largest absolute Gasteiger partial charge is 0.443 e. The molecule has 2 amide bonds. The standard InChI is InChI=1S/C13H16BrNO3/c1-13(2,3)18-12(17)15-10-7-9(14)5-4-8(10)6-11(15)16/h5,7-8H,4,6H2,1-3H3. The van der Waals surface area contributed by atoms with Crippen molar-refractivity contribution in [3.05, 3.63) is 22.3 Å². The van der Waals surface area contributed by atoms with Crippen molar-refractivity contribution in [2.24, 2.45) is 5.92 Å². The average Bonchev–Trinajstić information content (AvgIpc) is 2.50. The first-order valence-corrected chi connectivity index (χ1v) is 6.70. The van der Waals surface area contributed by atoms with Gasteiger partial charge in [0.1, 0.15) is 5.60 Å². The fraction of sp³-hybridized carbons (Fsp3) is 0.538. The first-order valence-electron chi connectivity index (χ1n) is 5.91. The molecule has 1 fully saturated rings. The zero-order valence-corrected chi connectivity index (χ0v) is 12.3. The number of hydrogen-bond acceptors (Lipinski definition) is 3. The molecule has 0 N–H and O–H groups in total. The van der Waals surface area contributed by atoms with Crippen molar-refractivity contribution in [2.75, 3.05) is 0 Å². The van der Waals surface area contributed by atoms with Crippen LogP contribution in [0.3, 0.4) is 0 Å². The fourth-order valence-corrected chi connectivity index (χ4v) is 2.51. The van der Waals surface area contributed by atoms with E-state index in [0.29, 0.717) is 6.42 Å². The molecule has 18 heavy (non-hydrogen) atoms. The number of imide groups is 1. The normalized spacial score (nSPS) is 23.4. The first kappa shape index (κ1) is 13.3. The van der Waals surface area contributed by atoms with Gasteiger partial charge in [-0.1, -0.05) is 22.0 Å². The number of rotatable bonds is 0. The van der Waals surface area contributed by atoms with Gasteiger partial charge in [-0.2, -0.15) is 0 Å². The van der Waals surface area contributed by atoms with E-state index in [9.17, 15) is 9.59 Å². The summed E-state index contributed by atoms with van der Waals surface area (Å²) >= 11 is 3.38. The maximum atomic E-state index is 12.0. The molecule has 0 bridgehead atoms. The Kier molecular flexibility index (Phi) is 3.36. The van der Waals surface area contributed by atoms with E-state index in [1.807, 2.05) is 12.2 Å². The van der Waals surface area contributed by atoms with Crippen LogP contribution in [0.2, 0.25) is 0 Å². The maximum absolute atomic E-state index is 12.0. The Morgan fingerprint density at radius 1 is 1.50 bits per heavy atom. The molecule has 0 spiro atoms. The van der Waals surface area contributed by atoms with E-state index in [1.165, 1.54) is 4.90 Å². The van der Waals surface area contributed by atoms with E-state index >= 15 is 0 Å². The summed E-state index contributed by atoms with van der Waals surface area (Å²) < 4.78 is 6.17. The predicted molar refractivity (Wildman–Crippen MR) is 70.9 cm³/mol. The van der Waals surface area contributed by atoms with Gasteiger partial charge in [-0.3, -0.25) is 4.79 Å². The molecule has 98 valence electrons. The third kappa shape index (κ3) is 2.66. The number of amides is 2. The Labute approximate surface area is 115 Å². The molecule has 1 atom stereocenters. The van der Waals surface area contributed by atoms with Crippen molar-refractivity contribution in [2.45, 2.75) is 39.2 Å². The number of ether oxygens (including phenoxy) is 1. The van der Waals surface area contributed by atoms with E-state index in [4.69, 9.17) is 4.74 Å². The molecule has 4 nitrogen and oxygen atoms in total. The number of hydrogen-bond donors (Lipinski definition) is 0. The molecular formula is C13H16BrNO3. The highest BCUT2D eigenvalue weighted by Gasteiger charge is 2.41. The van der Waals surface area contributed by atoms with Crippen LogP contribution in [0.5, 0.6) is 0 Å². The van der Waals surface area contributed by atoms with E-state index in [0.717, 1.165) is 16.6 Å². The molecule has 1 aliphatic heterocycles. The van der Waals surface area contributed by atoms with Crippen LogP contribution >= 0.6 is 15.9 Å². The van der Waals surface area contributed by atoms with Gasteiger partial charge in [0, 0.05) is 22.5 Å². The van der Waals surface area contributed by atoms with Crippen molar-refractivity contribution in [1.29, 1.82) is 0 Å². The summed E-state index contributed by atoms with van der Waals surface area (Å²) in [5, 5.41) is 0. The molecule has 1 aliphatic carbocycles. The number of allylic oxidation sites excluding steroid dienone is 4. The van der Waals surface area contributed by atoms with E-state index in [1.54, 1.807) is 20.8 Å². The lowest BCUT2D eigenvalue weighted by molar-refractivity contribution is -0.126. The van der Waals surface area contributed by atoms with Crippen LogP contribution in [0, 0.1) is 5.92 Å². The molecule has 0 aromatic carbocycles. The molecule has 2 aliphatic rings. The number of carbonyl (C=O) groups is 2. The van der Waals surface area contributed by atoms with Gasteiger partial charge < -0.3 is 4.74 Å². The van der Waals surface area contributed by atoms with Crippen LogP contribution in [0.1, 0.15) is 33.6 Å². The van der Waals surface area contributed by atoms with Crippen molar-refractivity contribution >= 4 is 27.9 Å². The highest BCUT2D eigenvalue weighted by Crippen LogP contribution is 2.38. The van der Waals surface area contributed by atoms with E-state index in [-0.39, 0.29) is 11.8 Å². The third-order valence-electron chi connectivity index (χ3n) is 2.81. The second-order valence-corrected chi connectivity index (χ2v) is 6.42. The zero-order valence-electron chi connectivity index (χ0n) is 10.7. The predicted octanol–water partition coefficient (Wildman–Crippen LogP) is 3.34. The van der Waals surface area contributed by atoms with Crippen molar-refractivity contribution in [3.8, 4) is 0 Å². The Morgan fingerprint density at radius 3 is 2.78 bits per heavy atom. The second kappa shape index (κ2) is 4.53. The minimum absolute atomic E-state index is 0.103. The lowest BCUT2D eigenvalue weighted by Crippen LogP contribution is -2.37. The van der Waals surface area contributed by atoms with Crippen LogP contribution in [-0.2, 0) is 9.53 Å². The van der Waals surface area contributed by atoms with Crippen LogP contribution in [0.4, 0.5) is 4.79 Å². The minimum atomic E-state index is -0.599. The van der Waals surface area contributed by atoms with Crippen molar-refractivity contribution in [3.63, 3.8) is 0 Å². The molecular weight excluding hydrogens is 298 g/mol. The van der Waals surface area contributed by atoms with Gasteiger partial charge in [-0.15, -0.1) is 0 Å². The van der Waals surface area contributed by atoms with Gasteiger partial charge in [0.2, 0.25) is 5.91 Å². The summed E-state index contributed by atoms with van der Waals surface area (Å²) in [6.45, 7) is 5.36. The van der Waals surface area contributed by atoms with Crippen LogP contribution in [-0.4, -0.2) is 22.5 Å². The molecule has 1 unspecified atom stereocenters. The second-order valence-electron chi connectivity index (χ2n) is 5.50. The lowest BCUT2D eigenvalue weighted by Gasteiger charge is -2.25. The Morgan fingerprint density at radius 2 is 2.17 bits per heavy atom. The molecule has 0 saturated carbocycles. The summed E-state index contributed by atoms with van der Waals surface area (Å²) in [5.41, 5.74) is 0.140. The SMILES string of the molecule is CC(C)(C)OC(=O)N1C(=O)CC2CC=C(Br)C=C21. The molecule has 0 aromatic rings. The van der Waals surface area contributed by atoms with Crippen LogP contribution in [0.25, 0.3) is 0 Å². The highest BCUT2D eigenvalue weighted by molar-refractivity contribution is 9.11. The summed E-state index contributed by atoms with van der Waals surface area (Å²) in [4.78, 5) is 25.1. The summed E-state index contributed by atoms with van der Waals surface area (Å²) in [6.07, 6.45) is 4.41. The van der Waals surface area contributed by atoms with Gasteiger partial charge in [-0.25, -0.2) is 9.69 Å². The summed E-state index contributed by atoms with van der Waals surface area (Å²) in [6, 6.07) is 0. The monoisotopic (exact) mass is 313 g/mol. The topological polar surface area (TPSA) is 46.6 Å². The van der Waals surface area contributed by atoms with Crippen molar-refractivity contribution in [1.82, 2.24) is 4.90 Å². The van der Waals surface area contributed by atoms with Gasteiger partial charge in [0.15, 0.2) is 0 Å². The van der Waals surface area contributed by atoms with Gasteiger partial charge >= 0.3 is 6.09 Å². The maximum Gasteiger partial charge on any atom is 0.421 e. The number of likely N-dealkylation sites (tertiary alicyclic amines) is 1. The van der Waals surface area contributed by atoms with Crippen LogP contribution < -0.4 is 0 Å². The quantitative estimate of drug-likeness (QED) is 0.689. The smallest absolute Gasteiger partial charge is 0.421 e. The Bertz CT molecular complexity index is 459. The summed E-state index contributed by atoms with van der Waals surface area (Å²) in [5.74, 6) is -0.0811. The number of fused-ring (bicyclic) bond motifs is 1. The molecule has 1 heterocycles.